The molecule has 0 amide bonds. The molecule has 0 bridgehead atoms. The van der Waals surface area contributed by atoms with Crippen LogP contribution in [0, 0.1) is 6.92 Å². The van der Waals surface area contributed by atoms with Gasteiger partial charge in [0.05, 0.1) is 28.4 Å². The lowest BCUT2D eigenvalue weighted by Gasteiger charge is -2.17. The van der Waals surface area contributed by atoms with Crippen molar-refractivity contribution >= 4 is 22.6 Å². The van der Waals surface area contributed by atoms with Crippen molar-refractivity contribution in [1.29, 1.82) is 0 Å². The molecule has 1 aromatic carbocycles. The number of aromatic carboxylic acids is 1. The third-order valence-electron chi connectivity index (χ3n) is 4.00. The number of fused-ring (bicyclic) bond motifs is 1. The molecule has 0 radical (unpaired) electrons. The molecule has 2 aromatic rings. The van der Waals surface area contributed by atoms with Crippen molar-refractivity contribution in [1.82, 2.24) is 4.98 Å². The minimum atomic E-state index is -1.06. The van der Waals surface area contributed by atoms with Crippen LogP contribution in [0.5, 0.6) is 5.75 Å². The molecule has 1 aliphatic carbocycles. The quantitative estimate of drug-likeness (QED) is 0.905. The van der Waals surface area contributed by atoms with Crippen molar-refractivity contribution in [2.24, 2.45) is 0 Å². The van der Waals surface area contributed by atoms with Gasteiger partial charge >= 0.3 is 5.97 Å². The Bertz CT molecular complexity index is 706. The summed E-state index contributed by atoms with van der Waals surface area (Å²) >= 11 is 0. The summed E-state index contributed by atoms with van der Waals surface area (Å²) in [6.45, 7) is 1.66. The fourth-order valence-corrected chi connectivity index (χ4v) is 2.99. The number of nitrogen functional groups attached to an aromatic ring is 1. The number of benzene rings is 1. The predicted octanol–water partition coefficient (Wildman–Crippen LogP) is 3.15. The Hall–Kier alpha value is -2.30. The molecule has 0 saturated heterocycles. The second-order valence-electron chi connectivity index (χ2n) is 5.47. The van der Waals surface area contributed by atoms with Crippen LogP contribution in [-0.2, 0) is 0 Å². The van der Waals surface area contributed by atoms with E-state index in [-0.39, 0.29) is 17.4 Å². The second-order valence-corrected chi connectivity index (χ2v) is 5.47. The first kappa shape index (κ1) is 13.7. The van der Waals surface area contributed by atoms with Crippen LogP contribution in [0.2, 0.25) is 0 Å². The molecule has 5 nitrogen and oxygen atoms in total. The van der Waals surface area contributed by atoms with Crippen LogP contribution in [0.3, 0.4) is 0 Å². The van der Waals surface area contributed by atoms with E-state index in [9.17, 15) is 9.90 Å². The Morgan fingerprint density at radius 1 is 1.38 bits per heavy atom. The summed E-state index contributed by atoms with van der Waals surface area (Å²) in [5.74, 6) is -0.429. The van der Waals surface area contributed by atoms with Gasteiger partial charge in [-0.2, -0.15) is 0 Å². The zero-order valence-electron chi connectivity index (χ0n) is 11.9. The number of carboxylic acids is 1. The van der Waals surface area contributed by atoms with Crippen LogP contribution in [0.25, 0.3) is 10.9 Å². The summed E-state index contributed by atoms with van der Waals surface area (Å²) in [5.41, 5.74) is 7.48. The molecule has 3 N–H and O–H groups in total. The van der Waals surface area contributed by atoms with Gasteiger partial charge in [-0.05, 0) is 44.7 Å². The van der Waals surface area contributed by atoms with E-state index in [1.807, 2.05) is 18.2 Å². The maximum atomic E-state index is 11.4. The van der Waals surface area contributed by atoms with Crippen LogP contribution in [-0.4, -0.2) is 22.2 Å². The summed E-state index contributed by atoms with van der Waals surface area (Å²) in [6.07, 6.45) is 4.58. The Morgan fingerprint density at radius 3 is 2.76 bits per heavy atom. The second kappa shape index (κ2) is 5.24. The molecule has 1 heterocycles. The highest BCUT2D eigenvalue weighted by Gasteiger charge is 2.21. The maximum Gasteiger partial charge on any atom is 0.339 e. The minimum Gasteiger partial charge on any atom is -0.490 e. The van der Waals surface area contributed by atoms with Crippen LogP contribution in [0.4, 0.5) is 5.69 Å². The number of ether oxygens (including phenoxy) is 1. The zero-order valence-corrected chi connectivity index (χ0v) is 11.9. The van der Waals surface area contributed by atoms with E-state index in [0.29, 0.717) is 22.3 Å². The third-order valence-corrected chi connectivity index (χ3v) is 4.00. The molecule has 5 heteroatoms. The molecule has 21 heavy (non-hydrogen) atoms. The van der Waals surface area contributed by atoms with Crippen molar-refractivity contribution in [2.45, 2.75) is 38.7 Å². The van der Waals surface area contributed by atoms with Gasteiger partial charge in [-0.1, -0.05) is 6.07 Å². The Morgan fingerprint density at radius 2 is 2.10 bits per heavy atom. The Balaban J connectivity index is 2.16. The monoisotopic (exact) mass is 286 g/mol. The van der Waals surface area contributed by atoms with Gasteiger partial charge in [0.25, 0.3) is 0 Å². The van der Waals surface area contributed by atoms with Crippen molar-refractivity contribution in [3.8, 4) is 5.75 Å². The maximum absolute atomic E-state index is 11.4. The number of nitrogens with zero attached hydrogens (tertiary/aromatic N) is 1. The lowest BCUT2D eigenvalue weighted by Crippen LogP contribution is -2.13. The number of carbonyl (C=O) groups is 1. The van der Waals surface area contributed by atoms with Gasteiger partial charge < -0.3 is 15.6 Å². The highest BCUT2D eigenvalue weighted by Crippen LogP contribution is 2.35. The topological polar surface area (TPSA) is 85.4 Å². The summed E-state index contributed by atoms with van der Waals surface area (Å²) in [7, 11) is 0. The smallest absolute Gasteiger partial charge is 0.339 e. The van der Waals surface area contributed by atoms with Gasteiger partial charge in [0.2, 0.25) is 0 Å². The van der Waals surface area contributed by atoms with E-state index >= 15 is 0 Å². The van der Waals surface area contributed by atoms with E-state index in [0.717, 1.165) is 12.8 Å². The molecular weight excluding hydrogens is 268 g/mol. The third kappa shape index (κ3) is 2.39. The van der Waals surface area contributed by atoms with E-state index in [1.165, 1.54) is 12.8 Å². The zero-order chi connectivity index (χ0) is 15.0. The fraction of sp³-hybridized carbons (Fsp3) is 0.375. The van der Waals surface area contributed by atoms with Gasteiger partial charge in [-0.3, -0.25) is 4.98 Å². The summed E-state index contributed by atoms with van der Waals surface area (Å²) in [4.78, 5) is 15.7. The van der Waals surface area contributed by atoms with Crippen molar-refractivity contribution < 1.29 is 14.6 Å². The molecule has 0 aliphatic heterocycles. The lowest BCUT2D eigenvalue weighted by molar-refractivity contribution is 0.0697. The normalized spacial score (nSPS) is 15.5. The number of aromatic nitrogens is 1. The van der Waals surface area contributed by atoms with Crippen LogP contribution in [0.15, 0.2) is 18.2 Å². The van der Waals surface area contributed by atoms with Crippen molar-refractivity contribution in [2.75, 3.05) is 5.73 Å². The highest BCUT2D eigenvalue weighted by molar-refractivity contribution is 6.06. The summed E-state index contributed by atoms with van der Waals surface area (Å²) < 4.78 is 6.03. The van der Waals surface area contributed by atoms with E-state index < -0.39 is 5.97 Å². The first-order chi connectivity index (χ1) is 10.1. The summed E-state index contributed by atoms with van der Waals surface area (Å²) in [6, 6.07) is 5.52. The number of anilines is 1. The van der Waals surface area contributed by atoms with Gasteiger partial charge in [0.15, 0.2) is 0 Å². The van der Waals surface area contributed by atoms with Crippen molar-refractivity contribution in [3.63, 3.8) is 0 Å². The van der Waals surface area contributed by atoms with Crippen molar-refractivity contribution in [3.05, 3.63) is 29.5 Å². The number of rotatable bonds is 3. The van der Waals surface area contributed by atoms with Crippen LogP contribution < -0.4 is 10.5 Å². The van der Waals surface area contributed by atoms with Gasteiger partial charge in [-0.25, -0.2) is 4.79 Å². The molecule has 1 aromatic heterocycles. The number of hydrogen-bond donors (Lipinski definition) is 2. The molecular formula is C16H18N2O3. The molecule has 1 saturated carbocycles. The first-order valence-corrected chi connectivity index (χ1v) is 7.16. The summed E-state index contributed by atoms with van der Waals surface area (Å²) in [5, 5.41) is 9.92. The Labute approximate surface area is 122 Å². The number of pyridine rings is 1. The first-order valence-electron chi connectivity index (χ1n) is 7.16. The lowest BCUT2D eigenvalue weighted by atomic mass is 10.1. The number of hydrogen-bond acceptors (Lipinski definition) is 4. The van der Waals surface area contributed by atoms with E-state index in [4.69, 9.17) is 10.5 Å². The molecule has 3 rings (SSSR count). The number of carboxylic acid groups (broad SMARTS) is 1. The van der Waals surface area contributed by atoms with Crippen LogP contribution in [0.1, 0.15) is 41.7 Å². The largest absolute Gasteiger partial charge is 0.490 e. The van der Waals surface area contributed by atoms with Gasteiger partial charge in [0.1, 0.15) is 11.3 Å². The molecule has 110 valence electrons. The predicted molar refractivity (Wildman–Crippen MR) is 80.7 cm³/mol. The van der Waals surface area contributed by atoms with Gasteiger partial charge in [0, 0.05) is 0 Å². The fourth-order valence-electron chi connectivity index (χ4n) is 2.99. The number of aryl methyl sites for hydroxylation is 1. The van der Waals surface area contributed by atoms with E-state index in [2.05, 4.69) is 4.98 Å². The Kier molecular flexibility index (Phi) is 3.41. The number of nitrogens with two attached hydrogens (primary N) is 1. The SMILES string of the molecule is Cc1nc2cccc(OC3CCCC3)c2c(N)c1C(=O)O. The average Bonchev–Trinajstić information content (AvgIpc) is 2.90. The van der Waals surface area contributed by atoms with Crippen LogP contribution >= 0.6 is 0 Å². The molecule has 0 spiro atoms. The van der Waals surface area contributed by atoms with Gasteiger partial charge in [-0.15, -0.1) is 0 Å². The van der Waals surface area contributed by atoms with E-state index in [1.54, 1.807) is 6.92 Å². The molecule has 0 unspecified atom stereocenters. The molecule has 1 aliphatic rings. The average molecular weight is 286 g/mol. The highest BCUT2D eigenvalue weighted by atomic mass is 16.5. The minimum absolute atomic E-state index is 0.0602. The molecule has 1 fully saturated rings. The standard InChI is InChI=1S/C16H18N2O3/c1-9-13(16(19)20)15(17)14-11(18-9)7-4-8-12(14)21-10-5-2-3-6-10/h4,7-8,10H,2-3,5-6H2,1H3,(H2,17,18)(H,19,20). The molecule has 0 atom stereocenters.